The van der Waals surface area contributed by atoms with Crippen molar-refractivity contribution in [2.24, 2.45) is 0 Å². The third-order valence-corrected chi connectivity index (χ3v) is 5.22. The average molecular weight is 405 g/mol. The van der Waals surface area contributed by atoms with Crippen LogP contribution in [0.2, 0.25) is 0 Å². The van der Waals surface area contributed by atoms with Gasteiger partial charge in [-0.25, -0.2) is 9.50 Å². The number of rotatable bonds is 5. The van der Waals surface area contributed by atoms with Crippen molar-refractivity contribution in [1.29, 1.82) is 5.26 Å². The van der Waals surface area contributed by atoms with Gasteiger partial charge in [-0.1, -0.05) is 42.5 Å². The normalized spacial score (nSPS) is 10.8. The van der Waals surface area contributed by atoms with Crippen molar-refractivity contribution in [3.63, 3.8) is 0 Å². The monoisotopic (exact) mass is 405 g/mol. The molecular formula is C25H19N5O. The zero-order chi connectivity index (χ0) is 21.2. The number of anilines is 1. The van der Waals surface area contributed by atoms with Crippen LogP contribution < -0.4 is 10.1 Å². The number of aromatic nitrogens is 3. The van der Waals surface area contributed by atoms with Gasteiger partial charge in [0.1, 0.15) is 11.8 Å². The van der Waals surface area contributed by atoms with Crippen molar-refractivity contribution in [3.05, 3.63) is 90.0 Å². The maximum Gasteiger partial charge on any atom is 0.182 e. The highest BCUT2D eigenvalue weighted by molar-refractivity contribution is 5.94. The maximum atomic E-state index is 9.70. The second-order valence-corrected chi connectivity index (χ2v) is 7.15. The first-order chi connectivity index (χ1) is 15.3. The first-order valence-corrected chi connectivity index (χ1v) is 9.91. The van der Waals surface area contributed by atoms with E-state index in [0.717, 1.165) is 27.9 Å². The number of ether oxygens (including phenoxy) is 1. The molecule has 0 aliphatic heterocycles. The predicted octanol–water partition coefficient (Wildman–Crippen LogP) is 5.04. The predicted molar refractivity (Wildman–Crippen MR) is 121 cm³/mol. The topological polar surface area (TPSA) is 75.2 Å². The van der Waals surface area contributed by atoms with Gasteiger partial charge in [0, 0.05) is 17.5 Å². The molecule has 150 valence electrons. The van der Waals surface area contributed by atoms with Crippen molar-refractivity contribution >= 4 is 22.2 Å². The summed E-state index contributed by atoms with van der Waals surface area (Å²) in [4.78, 5) is 4.68. The lowest BCUT2D eigenvalue weighted by molar-refractivity contribution is 0.415. The summed E-state index contributed by atoms with van der Waals surface area (Å²) in [6.07, 6.45) is 0. The minimum atomic E-state index is 0.486. The lowest BCUT2D eigenvalue weighted by Gasteiger charge is -2.11. The summed E-state index contributed by atoms with van der Waals surface area (Å²) in [5, 5.41) is 18.9. The van der Waals surface area contributed by atoms with E-state index >= 15 is 0 Å². The van der Waals surface area contributed by atoms with Gasteiger partial charge in [-0.2, -0.15) is 5.26 Å². The number of hydrogen-bond acceptors (Lipinski definition) is 5. The molecule has 0 spiro atoms. The molecule has 0 bridgehead atoms. The Bertz CT molecular complexity index is 1420. The summed E-state index contributed by atoms with van der Waals surface area (Å²) < 4.78 is 7.00. The van der Waals surface area contributed by atoms with E-state index in [1.165, 1.54) is 5.56 Å². The van der Waals surface area contributed by atoms with Gasteiger partial charge in [-0.15, -0.1) is 5.10 Å². The van der Waals surface area contributed by atoms with Crippen LogP contribution in [-0.2, 0) is 6.54 Å². The molecule has 0 radical (unpaired) electrons. The van der Waals surface area contributed by atoms with E-state index in [9.17, 15) is 5.26 Å². The van der Waals surface area contributed by atoms with Gasteiger partial charge in [0.25, 0.3) is 0 Å². The van der Waals surface area contributed by atoms with Crippen LogP contribution in [0.3, 0.4) is 0 Å². The molecule has 2 aromatic heterocycles. The van der Waals surface area contributed by atoms with Gasteiger partial charge in [0.05, 0.1) is 23.9 Å². The summed E-state index contributed by atoms with van der Waals surface area (Å²) in [5.41, 5.74) is 4.88. The minimum absolute atomic E-state index is 0.486. The maximum absolute atomic E-state index is 9.70. The molecule has 2 heterocycles. The van der Waals surface area contributed by atoms with Crippen molar-refractivity contribution < 1.29 is 4.74 Å². The molecule has 0 aliphatic carbocycles. The Morgan fingerprint density at radius 3 is 2.55 bits per heavy atom. The van der Waals surface area contributed by atoms with Crippen LogP contribution in [0.1, 0.15) is 11.1 Å². The summed E-state index contributed by atoms with van der Waals surface area (Å²) >= 11 is 0. The summed E-state index contributed by atoms with van der Waals surface area (Å²) in [7, 11) is 1.63. The van der Waals surface area contributed by atoms with E-state index in [-0.39, 0.29) is 0 Å². The summed E-state index contributed by atoms with van der Waals surface area (Å²) in [6, 6.07) is 27.9. The average Bonchev–Trinajstić information content (AvgIpc) is 3.28. The molecule has 6 heteroatoms. The lowest BCUT2D eigenvalue weighted by atomic mass is 10.1. The molecule has 5 rings (SSSR count). The molecule has 0 unspecified atom stereocenters. The van der Waals surface area contributed by atoms with Crippen LogP contribution in [-0.4, -0.2) is 21.7 Å². The van der Waals surface area contributed by atoms with Gasteiger partial charge in [-0.05, 0) is 42.0 Å². The molecule has 3 aromatic carbocycles. The van der Waals surface area contributed by atoms with Gasteiger partial charge in [-0.3, -0.25) is 0 Å². The molecule has 0 saturated carbocycles. The largest absolute Gasteiger partial charge is 0.497 e. The molecule has 0 aliphatic rings. The van der Waals surface area contributed by atoms with E-state index in [4.69, 9.17) is 9.84 Å². The van der Waals surface area contributed by atoms with E-state index in [0.29, 0.717) is 23.6 Å². The van der Waals surface area contributed by atoms with Crippen LogP contribution in [0.5, 0.6) is 5.75 Å². The van der Waals surface area contributed by atoms with E-state index in [1.807, 2.05) is 66.7 Å². The summed E-state index contributed by atoms with van der Waals surface area (Å²) in [6.45, 7) is 0.682. The number of fused-ring (bicyclic) bond motifs is 3. The van der Waals surface area contributed by atoms with Crippen LogP contribution in [0.15, 0.2) is 78.9 Å². The second-order valence-electron chi connectivity index (χ2n) is 7.15. The fraction of sp³-hybridized carbons (Fsp3) is 0.0800. The number of nitrogens with zero attached hydrogens (tertiary/aromatic N) is 4. The first kappa shape index (κ1) is 18.6. The first-order valence-electron chi connectivity index (χ1n) is 9.91. The Hall–Kier alpha value is -4.37. The number of nitrogens with one attached hydrogen (secondary N) is 1. The highest BCUT2D eigenvalue weighted by Crippen LogP contribution is 2.29. The number of hydrogen-bond donors (Lipinski definition) is 1. The molecule has 0 amide bonds. The third kappa shape index (κ3) is 3.43. The highest BCUT2D eigenvalue weighted by atomic mass is 16.5. The van der Waals surface area contributed by atoms with E-state index < -0.39 is 0 Å². The van der Waals surface area contributed by atoms with Crippen LogP contribution in [0.25, 0.3) is 27.9 Å². The molecular weight excluding hydrogens is 386 g/mol. The lowest BCUT2D eigenvalue weighted by Crippen LogP contribution is -2.03. The van der Waals surface area contributed by atoms with Gasteiger partial charge in [0.2, 0.25) is 0 Å². The van der Waals surface area contributed by atoms with Crippen LogP contribution >= 0.6 is 0 Å². The number of nitriles is 1. The Kier molecular flexibility index (Phi) is 4.70. The Morgan fingerprint density at radius 1 is 1.00 bits per heavy atom. The SMILES string of the molecule is COc1ccc(-c2nc3c(C#N)cc4cccc(NCc5ccccc5)c4n3n2)cc1. The zero-order valence-electron chi connectivity index (χ0n) is 16.9. The fourth-order valence-electron chi connectivity index (χ4n) is 3.66. The summed E-state index contributed by atoms with van der Waals surface area (Å²) in [5.74, 6) is 1.33. The van der Waals surface area contributed by atoms with Crippen molar-refractivity contribution in [2.75, 3.05) is 12.4 Å². The van der Waals surface area contributed by atoms with Gasteiger partial charge in [0.15, 0.2) is 11.5 Å². The fourth-order valence-corrected chi connectivity index (χ4v) is 3.66. The van der Waals surface area contributed by atoms with Crippen LogP contribution in [0.4, 0.5) is 5.69 Å². The molecule has 1 N–H and O–H groups in total. The minimum Gasteiger partial charge on any atom is -0.497 e. The van der Waals surface area contributed by atoms with Gasteiger partial charge < -0.3 is 10.1 Å². The molecule has 0 saturated heterocycles. The molecule has 31 heavy (non-hydrogen) atoms. The Morgan fingerprint density at radius 2 is 1.81 bits per heavy atom. The highest BCUT2D eigenvalue weighted by Gasteiger charge is 2.15. The number of para-hydroxylation sites is 1. The smallest absolute Gasteiger partial charge is 0.182 e. The quantitative estimate of drug-likeness (QED) is 0.443. The Balaban J connectivity index is 1.65. The molecule has 0 fully saturated rings. The molecule has 0 atom stereocenters. The number of benzene rings is 3. The van der Waals surface area contributed by atoms with Crippen molar-refractivity contribution in [1.82, 2.24) is 14.6 Å². The van der Waals surface area contributed by atoms with Crippen molar-refractivity contribution in [2.45, 2.75) is 6.54 Å². The van der Waals surface area contributed by atoms with E-state index in [2.05, 4.69) is 28.5 Å². The number of pyridine rings is 1. The van der Waals surface area contributed by atoms with E-state index in [1.54, 1.807) is 11.6 Å². The standard InChI is InChI=1S/C25H19N5O/c1-31-21-12-10-18(11-13-21)24-28-25-20(15-26)14-19-8-5-9-22(23(19)30(25)29-24)27-16-17-6-3-2-4-7-17/h2-14,27H,16H2,1H3. The van der Waals surface area contributed by atoms with Crippen LogP contribution in [0, 0.1) is 11.3 Å². The number of methoxy groups -OCH3 is 1. The third-order valence-electron chi connectivity index (χ3n) is 5.22. The second kappa shape index (κ2) is 7.81. The molecule has 6 nitrogen and oxygen atoms in total. The Labute approximate surface area is 179 Å². The zero-order valence-corrected chi connectivity index (χ0v) is 16.9. The van der Waals surface area contributed by atoms with Crippen molar-refractivity contribution in [3.8, 4) is 23.2 Å². The molecule has 5 aromatic rings. The van der Waals surface area contributed by atoms with Gasteiger partial charge >= 0.3 is 0 Å².